The molecule has 1 amide bonds. The quantitative estimate of drug-likeness (QED) is 0.554. The van der Waals surface area contributed by atoms with Crippen molar-refractivity contribution in [2.45, 2.75) is 26.8 Å². The number of hydrogen-bond donors (Lipinski definition) is 2. The molecule has 0 spiro atoms. The van der Waals surface area contributed by atoms with Crippen LogP contribution in [0.2, 0.25) is 0 Å². The summed E-state index contributed by atoms with van der Waals surface area (Å²) in [5.41, 5.74) is 7.32. The number of carbonyl (C=O) groups excluding carboxylic acids is 1. The Hall–Kier alpha value is -2.70. The molecule has 29 heavy (non-hydrogen) atoms. The minimum Gasteiger partial charge on any atom is -0.496 e. The molecule has 154 valence electrons. The first-order chi connectivity index (χ1) is 14.1. The minimum atomic E-state index is -0.210. The Morgan fingerprint density at radius 2 is 1.83 bits per heavy atom. The highest BCUT2D eigenvalue weighted by Gasteiger charge is 2.17. The van der Waals surface area contributed by atoms with Crippen LogP contribution in [0.1, 0.15) is 40.9 Å². The van der Waals surface area contributed by atoms with Crippen LogP contribution in [0.25, 0.3) is 0 Å². The van der Waals surface area contributed by atoms with E-state index >= 15 is 0 Å². The monoisotopic (exact) mass is 396 g/mol. The molecule has 1 fully saturated rings. The Morgan fingerprint density at radius 1 is 1.14 bits per heavy atom. The first kappa shape index (κ1) is 21.0. The number of amides is 1. The lowest BCUT2D eigenvalue weighted by Crippen LogP contribution is -3.12. The topological polar surface area (TPSA) is 64.4 Å². The van der Waals surface area contributed by atoms with Gasteiger partial charge in [0.1, 0.15) is 25.4 Å². The molecule has 1 saturated heterocycles. The third kappa shape index (κ3) is 5.65. The molecule has 1 heterocycles. The number of rotatable bonds is 7. The summed E-state index contributed by atoms with van der Waals surface area (Å²) in [6.45, 7) is 8.44. The summed E-state index contributed by atoms with van der Waals surface area (Å²) < 4.78 is 11.0. The number of methoxy groups -OCH3 is 1. The molecular formula is C23H30N3O3+. The van der Waals surface area contributed by atoms with Gasteiger partial charge < -0.3 is 14.4 Å². The normalized spacial score (nSPS) is 15.2. The SMILES string of the molecule is CCc1ccc(C(=O)N/N=C(/C)c2ccc(OC)c(C[NH+]3CCOCC3)c2)cc1. The van der Waals surface area contributed by atoms with E-state index in [0.717, 1.165) is 61.9 Å². The van der Waals surface area contributed by atoms with Crippen LogP contribution in [0, 0.1) is 0 Å². The zero-order valence-corrected chi connectivity index (χ0v) is 17.5. The highest BCUT2D eigenvalue weighted by atomic mass is 16.5. The van der Waals surface area contributed by atoms with Crippen molar-refractivity contribution in [3.8, 4) is 5.75 Å². The molecule has 2 aromatic rings. The van der Waals surface area contributed by atoms with Crippen molar-refractivity contribution in [1.82, 2.24) is 5.43 Å². The van der Waals surface area contributed by atoms with Gasteiger partial charge in [-0.3, -0.25) is 4.79 Å². The number of nitrogens with one attached hydrogen (secondary N) is 2. The van der Waals surface area contributed by atoms with Crippen LogP contribution in [0.4, 0.5) is 0 Å². The molecule has 6 heteroatoms. The number of hydrazone groups is 1. The molecular weight excluding hydrogens is 366 g/mol. The Bertz CT molecular complexity index is 856. The average molecular weight is 397 g/mol. The minimum absolute atomic E-state index is 0.210. The third-order valence-corrected chi connectivity index (χ3v) is 5.29. The van der Waals surface area contributed by atoms with Crippen LogP contribution in [0.5, 0.6) is 5.75 Å². The molecule has 0 saturated carbocycles. The lowest BCUT2D eigenvalue weighted by molar-refractivity contribution is -0.921. The van der Waals surface area contributed by atoms with Gasteiger partial charge in [-0.05, 0) is 54.8 Å². The van der Waals surface area contributed by atoms with Gasteiger partial charge in [-0.25, -0.2) is 5.43 Å². The molecule has 0 aliphatic carbocycles. The van der Waals surface area contributed by atoms with Gasteiger partial charge in [0, 0.05) is 11.1 Å². The van der Waals surface area contributed by atoms with Crippen LogP contribution >= 0.6 is 0 Å². The number of morpholine rings is 1. The van der Waals surface area contributed by atoms with Gasteiger partial charge in [-0.2, -0.15) is 5.10 Å². The molecule has 0 bridgehead atoms. The number of nitrogens with zero attached hydrogens (tertiary/aromatic N) is 1. The van der Waals surface area contributed by atoms with E-state index < -0.39 is 0 Å². The smallest absolute Gasteiger partial charge is 0.271 e. The van der Waals surface area contributed by atoms with Crippen LogP contribution in [-0.4, -0.2) is 45.0 Å². The first-order valence-electron chi connectivity index (χ1n) is 10.1. The number of aryl methyl sites for hydroxylation is 1. The van der Waals surface area contributed by atoms with Crippen molar-refractivity contribution in [3.05, 3.63) is 64.7 Å². The molecule has 0 aromatic heterocycles. The second-order valence-electron chi connectivity index (χ2n) is 7.25. The van der Waals surface area contributed by atoms with Crippen molar-refractivity contribution >= 4 is 11.6 Å². The molecule has 3 rings (SSSR count). The predicted molar refractivity (Wildman–Crippen MR) is 114 cm³/mol. The largest absolute Gasteiger partial charge is 0.496 e. The van der Waals surface area contributed by atoms with Crippen LogP contribution in [0.15, 0.2) is 47.6 Å². The summed E-state index contributed by atoms with van der Waals surface area (Å²) in [6.07, 6.45) is 0.950. The molecule has 0 radical (unpaired) electrons. The van der Waals surface area contributed by atoms with E-state index in [1.54, 1.807) is 7.11 Å². The van der Waals surface area contributed by atoms with E-state index in [0.29, 0.717) is 5.56 Å². The zero-order chi connectivity index (χ0) is 20.6. The third-order valence-electron chi connectivity index (χ3n) is 5.29. The van der Waals surface area contributed by atoms with Crippen molar-refractivity contribution in [2.75, 3.05) is 33.4 Å². The molecule has 2 N–H and O–H groups in total. The maximum absolute atomic E-state index is 12.4. The summed E-state index contributed by atoms with van der Waals surface area (Å²) in [5.74, 6) is 0.666. The summed E-state index contributed by atoms with van der Waals surface area (Å²) >= 11 is 0. The van der Waals surface area contributed by atoms with Crippen LogP contribution < -0.4 is 15.1 Å². The van der Waals surface area contributed by atoms with E-state index in [4.69, 9.17) is 9.47 Å². The number of benzene rings is 2. The van der Waals surface area contributed by atoms with Crippen molar-refractivity contribution in [3.63, 3.8) is 0 Å². The molecule has 6 nitrogen and oxygen atoms in total. The Kier molecular flexibility index (Phi) is 7.38. The van der Waals surface area contributed by atoms with Gasteiger partial charge in [0.25, 0.3) is 5.91 Å². The van der Waals surface area contributed by atoms with Gasteiger partial charge in [-0.15, -0.1) is 0 Å². The fraction of sp³-hybridized carbons (Fsp3) is 0.391. The molecule has 1 aliphatic heterocycles. The van der Waals surface area contributed by atoms with Crippen molar-refractivity contribution in [1.29, 1.82) is 0 Å². The number of quaternary nitrogens is 1. The lowest BCUT2D eigenvalue weighted by Gasteiger charge is -2.24. The summed E-state index contributed by atoms with van der Waals surface area (Å²) in [6, 6.07) is 13.6. The van der Waals surface area contributed by atoms with Crippen molar-refractivity contribution < 1.29 is 19.2 Å². The second-order valence-corrected chi connectivity index (χ2v) is 7.25. The fourth-order valence-electron chi connectivity index (χ4n) is 3.40. The maximum atomic E-state index is 12.4. The van der Waals surface area contributed by atoms with E-state index in [1.807, 2.05) is 43.3 Å². The highest BCUT2D eigenvalue weighted by molar-refractivity contribution is 6.01. The predicted octanol–water partition coefficient (Wildman–Crippen LogP) is 1.83. The van der Waals surface area contributed by atoms with Crippen LogP contribution in [-0.2, 0) is 17.7 Å². The van der Waals surface area contributed by atoms with E-state index in [1.165, 1.54) is 10.5 Å². The average Bonchev–Trinajstić information content (AvgIpc) is 2.78. The maximum Gasteiger partial charge on any atom is 0.271 e. The zero-order valence-electron chi connectivity index (χ0n) is 17.5. The standard InChI is InChI=1S/C23H29N3O3/c1-4-18-5-7-19(8-6-18)23(27)25-24-17(2)20-9-10-22(28-3)21(15-20)16-26-11-13-29-14-12-26/h5-10,15H,4,11-14,16H2,1-3H3,(H,25,27)/p+1/b24-17-. The number of ether oxygens (including phenoxy) is 2. The van der Waals surface area contributed by atoms with Gasteiger partial charge in [0.15, 0.2) is 0 Å². The van der Waals surface area contributed by atoms with E-state index in [-0.39, 0.29) is 5.91 Å². The van der Waals surface area contributed by atoms with Gasteiger partial charge in [0.2, 0.25) is 0 Å². The Morgan fingerprint density at radius 3 is 2.48 bits per heavy atom. The van der Waals surface area contributed by atoms with Crippen LogP contribution in [0.3, 0.4) is 0 Å². The first-order valence-corrected chi connectivity index (χ1v) is 10.1. The number of hydrogen-bond acceptors (Lipinski definition) is 4. The fourth-order valence-corrected chi connectivity index (χ4v) is 3.40. The molecule has 2 aromatic carbocycles. The van der Waals surface area contributed by atoms with Gasteiger partial charge in [-0.1, -0.05) is 19.1 Å². The molecule has 0 atom stereocenters. The Balaban J connectivity index is 1.70. The molecule has 1 aliphatic rings. The van der Waals surface area contributed by atoms with Crippen molar-refractivity contribution in [2.24, 2.45) is 5.10 Å². The van der Waals surface area contributed by atoms with E-state index in [9.17, 15) is 4.79 Å². The Labute approximate surface area is 172 Å². The summed E-state index contributed by atoms with van der Waals surface area (Å²) in [7, 11) is 1.69. The highest BCUT2D eigenvalue weighted by Crippen LogP contribution is 2.20. The van der Waals surface area contributed by atoms with Gasteiger partial charge >= 0.3 is 0 Å². The lowest BCUT2D eigenvalue weighted by atomic mass is 10.1. The second kappa shape index (κ2) is 10.2. The van der Waals surface area contributed by atoms with Gasteiger partial charge in [0.05, 0.1) is 26.0 Å². The van der Waals surface area contributed by atoms with E-state index in [2.05, 4.69) is 23.5 Å². The summed E-state index contributed by atoms with van der Waals surface area (Å²) in [5, 5.41) is 4.31. The molecule has 0 unspecified atom stereocenters. The number of carbonyl (C=O) groups is 1. The summed E-state index contributed by atoms with van der Waals surface area (Å²) in [4.78, 5) is 13.8.